The van der Waals surface area contributed by atoms with E-state index in [9.17, 15) is 8.42 Å². The maximum Gasteiger partial charge on any atom is 0.244 e. The molecule has 1 aliphatic carbocycles. The van der Waals surface area contributed by atoms with Crippen LogP contribution in [0.5, 0.6) is 5.75 Å². The zero-order valence-corrected chi connectivity index (χ0v) is 18.8. The molecule has 1 aliphatic rings. The Morgan fingerprint density at radius 3 is 2.50 bits per heavy atom. The fourth-order valence-electron chi connectivity index (χ4n) is 3.26. The van der Waals surface area contributed by atoms with Gasteiger partial charge in [-0.2, -0.15) is 11.8 Å². The Morgan fingerprint density at radius 1 is 1.11 bits per heavy atom. The third-order valence-electron chi connectivity index (χ3n) is 4.73. The molecule has 28 heavy (non-hydrogen) atoms. The molecule has 0 unspecified atom stereocenters. The minimum atomic E-state index is -3.63. The number of ether oxygens (including phenoxy) is 1. The lowest BCUT2D eigenvalue weighted by molar-refractivity contribution is 0.401. The smallest absolute Gasteiger partial charge is 0.244 e. The molecule has 0 aliphatic heterocycles. The molecule has 0 atom stereocenters. The van der Waals surface area contributed by atoms with Gasteiger partial charge in [-0.3, -0.25) is 0 Å². The zero-order chi connectivity index (χ0) is 20.1. The molecule has 1 N–H and O–H groups in total. The van der Waals surface area contributed by atoms with Gasteiger partial charge in [0, 0.05) is 28.1 Å². The van der Waals surface area contributed by atoms with Crippen LogP contribution in [0, 0.1) is 0 Å². The Labute approximate surface area is 181 Å². The maximum absolute atomic E-state index is 12.8. The summed E-state index contributed by atoms with van der Waals surface area (Å²) in [5.74, 6) is 1.74. The molecule has 0 saturated heterocycles. The van der Waals surface area contributed by atoms with Crippen LogP contribution in [0.3, 0.4) is 0 Å². The standard InChI is InChI=1S/C20H23Cl2NO3S2/c1-26-19-10-14-4-2-3-5-15(14)11-20(19)28(24,25)23-8-9-27-13-16-6-7-17(21)12-18(16)22/h6-7,10-12,23H,2-5,8-9,13H2,1H3. The first-order chi connectivity index (χ1) is 13.4. The van der Waals surface area contributed by atoms with E-state index in [2.05, 4.69) is 4.72 Å². The van der Waals surface area contributed by atoms with Crippen LogP contribution in [-0.2, 0) is 28.6 Å². The van der Waals surface area contributed by atoms with Crippen LogP contribution < -0.4 is 9.46 Å². The molecule has 0 aromatic heterocycles. The molecule has 2 aromatic carbocycles. The molecule has 0 spiro atoms. The highest BCUT2D eigenvalue weighted by Gasteiger charge is 2.22. The highest BCUT2D eigenvalue weighted by molar-refractivity contribution is 7.98. The van der Waals surface area contributed by atoms with E-state index in [1.54, 1.807) is 30.0 Å². The van der Waals surface area contributed by atoms with Crippen molar-refractivity contribution in [3.63, 3.8) is 0 Å². The summed E-state index contributed by atoms with van der Waals surface area (Å²) in [6.07, 6.45) is 4.12. The van der Waals surface area contributed by atoms with Crippen molar-refractivity contribution in [3.05, 3.63) is 57.1 Å². The number of nitrogens with one attached hydrogen (secondary N) is 1. The lowest BCUT2D eigenvalue weighted by Crippen LogP contribution is -2.27. The minimum Gasteiger partial charge on any atom is -0.495 e. The van der Waals surface area contributed by atoms with E-state index < -0.39 is 10.0 Å². The van der Waals surface area contributed by atoms with E-state index in [0.717, 1.165) is 36.8 Å². The average Bonchev–Trinajstić information content (AvgIpc) is 2.68. The molecule has 0 saturated carbocycles. The van der Waals surface area contributed by atoms with Gasteiger partial charge in [-0.05, 0) is 66.6 Å². The van der Waals surface area contributed by atoms with E-state index in [1.807, 2.05) is 12.1 Å². The normalized spacial score (nSPS) is 14.0. The molecule has 0 bridgehead atoms. The predicted octanol–water partition coefficient (Wildman–Crippen LogP) is 5.09. The largest absolute Gasteiger partial charge is 0.495 e. The van der Waals surface area contributed by atoms with Crippen molar-refractivity contribution in [3.8, 4) is 5.75 Å². The SMILES string of the molecule is COc1cc2c(cc1S(=O)(=O)NCCSCc1ccc(Cl)cc1Cl)CCCC2. The summed E-state index contributed by atoms with van der Waals surface area (Å²) in [6, 6.07) is 9.05. The summed E-state index contributed by atoms with van der Waals surface area (Å²) in [5.41, 5.74) is 3.28. The van der Waals surface area contributed by atoms with Gasteiger partial charge in [-0.1, -0.05) is 29.3 Å². The number of hydrogen-bond acceptors (Lipinski definition) is 4. The molecule has 3 rings (SSSR count). The number of halogens is 2. The number of methoxy groups -OCH3 is 1. The number of benzene rings is 2. The fourth-order valence-corrected chi connectivity index (χ4v) is 6.03. The average molecular weight is 460 g/mol. The number of sulfonamides is 1. The molecule has 0 amide bonds. The lowest BCUT2D eigenvalue weighted by Gasteiger charge is -2.19. The maximum atomic E-state index is 12.8. The van der Waals surface area contributed by atoms with Gasteiger partial charge in [0.25, 0.3) is 0 Å². The number of hydrogen-bond donors (Lipinski definition) is 1. The summed E-state index contributed by atoms with van der Waals surface area (Å²) in [4.78, 5) is 0.224. The second kappa shape index (κ2) is 9.72. The van der Waals surface area contributed by atoms with Crippen LogP contribution in [-0.4, -0.2) is 27.8 Å². The van der Waals surface area contributed by atoms with Crippen LogP contribution in [0.4, 0.5) is 0 Å². The Kier molecular flexibility index (Phi) is 7.56. The van der Waals surface area contributed by atoms with E-state index in [4.69, 9.17) is 27.9 Å². The summed E-state index contributed by atoms with van der Waals surface area (Å²) < 4.78 is 33.6. The van der Waals surface area contributed by atoms with Gasteiger partial charge in [0.1, 0.15) is 10.6 Å². The van der Waals surface area contributed by atoms with Gasteiger partial charge in [0.2, 0.25) is 10.0 Å². The van der Waals surface area contributed by atoms with Crippen LogP contribution in [0.25, 0.3) is 0 Å². The van der Waals surface area contributed by atoms with Crippen LogP contribution in [0.1, 0.15) is 29.5 Å². The van der Waals surface area contributed by atoms with Crippen LogP contribution in [0.15, 0.2) is 35.2 Å². The van der Waals surface area contributed by atoms with E-state index in [0.29, 0.717) is 33.8 Å². The predicted molar refractivity (Wildman–Crippen MR) is 117 cm³/mol. The Morgan fingerprint density at radius 2 is 1.82 bits per heavy atom. The Balaban J connectivity index is 1.59. The van der Waals surface area contributed by atoms with Crippen molar-refractivity contribution in [1.82, 2.24) is 4.72 Å². The van der Waals surface area contributed by atoms with Crippen molar-refractivity contribution in [2.24, 2.45) is 0 Å². The van der Waals surface area contributed by atoms with E-state index >= 15 is 0 Å². The van der Waals surface area contributed by atoms with Crippen molar-refractivity contribution in [2.75, 3.05) is 19.4 Å². The minimum absolute atomic E-state index is 0.224. The zero-order valence-electron chi connectivity index (χ0n) is 15.6. The Bertz CT molecular complexity index is 949. The lowest BCUT2D eigenvalue weighted by atomic mass is 9.92. The second-order valence-corrected chi connectivity index (χ2v) is 10.3. The number of fused-ring (bicyclic) bond motifs is 1. The summed E-state index contributed by atoms with van der Waals surface area (Å²) in [7, 11) is -2.12. The van der Waals surface area contributed by atoms with E-state index in [-0.39, 0.29) is 4.90 Å². The van der Waals surface area contributed by atoms with Crippen molar-refractivity contribution >= 4 is 45.0 Å². The van der Waals surface area contributed by atoms with Gasteiger partial charge in [-0.15, -0.1) is 0 Å². The fraction of sp³-hybridized carbons (Fsp3) is 0.400. The second-order valence-electron chi connectivity index (χ2n) is 6.66. The quantitative estimate of drug-likeness (QED) is 0.558. The summed E-state index contributed by atoms with van der Waals surface area (Å²) >= 11 is 13.7. The summed E-state index contributed by atoms with van der Waals surface area (Å²) in [6.45, 7) is 0.332. The molecule has 0 heterocycles. The number of thioether (sulfide) groups is 1. The van der Waals surface area contributed by atoms with Gasteiger partial charge in [-0.25, -0.2) is 13.1 Å². The molecule has 152 valence electrons. The molecule has 0 fully saturated rings. The number of aryl methyl sites for hydroxylation is 2. The van der Waals surface area contributed by atoms with Gasteiger partial charge in [0.05, 0.1) is 7.11 Å². The highest BCUT2D eigenvalue weighted by atomic mass is 35.5. The highest BCUT2D eigenvalue weighted by Crippen LogP contribution is 2.32. The third-order valence-corrected chi connectivity index (χ3v) is 7.81. The summed E-state index contributed by atoms with van der Waals surface area (Å²) in [5, 5.41) is 1.23. The van der Waals surface area contributed by atoms with Crippen molar-refractivity contribution in [1.29, 1.82) is 0 Å². The van der Waals surface area contributed by atoms with E-state index in [1.165, 1.54) is 12.7 Å². The first-order valence-electron chi connectivity index (χ1n) is 9.12. The van der Waals surface area contributed by atoms with Crippen molar-refractivity contribution < 1.29 is 13.2 Å². The monoisotopic (exact) mass is 459 g/mol. The Hall–Kier alpha value is -0.920. The molecule has 0 radical (unpaired) electrons. The molecular weight excluding hydrogens is 437 g/mol. The van der Waals surface area contributed by atoms with Gasteiger partial charge < -0.3 is 4.74 Å². The van der Waals surface area contributed by atoms with Crippen LogP contribution >= 0.6 is 35.0 Å². The van der Waals surface area contributed by atoms with Crippen LogP contribution in [0.2, 0.25) is 10.0 Å². The van der Waals surface area contributed by atoms with Gasteiger partial charge >= 0.3 is 0 Å². The first kappa shape index (κ1) is 21.8. The topological polar surface area (TPSA) is 55.4 Å². The molecular formula is C20H23Cl2NO3S2. The van der Waals surface area contributed by atoms with Gasteiger partial charge in [0.15, 0.2) is 0 Å². The molecule has 8 heteroatoms. The number of rotatable bonds is 8. The first-order valence-corrected chi connectivity index (χ1v) is 12.5. The van der Waals surface area contributed by atoms with Crippen molar-refractivity contribution in [2.45, 2.75) is 36.3 Å². The third kappa shape index (κ3) is 5.36. The molecule has 4 nitrogen and oxygen atoms in total. The molecule has 2 aromatic rings.